The number of allylic oxidation sites excluding steroid dienone is 8. The molecule has 1 heterocycles. The van der Waals surface area contributed by atoms with Crippen LogP contribution in [-0.2, 0) is 0 Å². The number of benzene rings is 9. The minimum atomic E-state index is 0.411. The van der Waals surface area contributed by atoms with Crippen LogP contribution in [0.1, 0.15) is 36.5 Å². The summed E-state index contributed by atoms with van der Waals surface area (Å²) < 4.78 is 2.15. The third-order valence-electron chi connectivity index (χ3n) is 13.2. The van der Waals surface area contributed by atoms with Crippen LogP contribution in [0.3, 0.4) is 0 Å². The Morgan fingerprint density at radius 3 is 1.88 bits per heavy atom. The van der Waals surface area contributed by atoms with Gasteiger partial charge in [0.25, 0.3) is 0 Å². The van der Waals surface area contributed by atoms with Gasteiger partial charge in [-0.3, -0.25) is 4.57 Å². The normalized spacial score (nSPS) is 14.5. The third-order valence-corrected chi connectivity index (χ3v) is 13.2. The Balaban J connectivity index is 0.892. The predicted molar refractivity (Wildman–Crippen MR) is 281 cm³/mol. The van der Waals surface area contributed by atoms with Crippen molar-refractivity contribution in [2.24, 2.45) is 11.7 Å². The van der Waals surface area contributed by atoms with Gasteiger partial charge in [-0.2, -0.15) is 0 Å². The van der Waals surface area contributed by atoms with E-state index in [9.17, 15) is 0 Å². The fraction of sp³-hybridized carbons (Fsp3) is 0.0645. The van der Waals surface area contributed by atoms with Gasteiger partial charge in [-0.05, 0) is 156 Å². The average Bonchev–Trinajstić information content (AvgIpc) is 3.63. The van der Waals surface area contributed by atoms with Gasteiger partial charge in [0.2, 0.25) is 0 Å². The summed E-state index contributed by atoms with van der Waals surface area (Å²) in [7, 11) is 0. The number of hydrogen-bond donors (Lipinski definition) is 2. The smallest absolute Gasteiger partial charge is 0.116 e. The molecule has 0 saturated carbocycles. The molecule has 10 aromatic rings. The zero-order valence-electron chi connectivity index (χ0n) is 36.5. The monoisotopic (exact) mass is 835 g/mol. The molecule has 11 rings (SSSR count). The second kappa shape index (κ2) is 16.9. The molecule has 1 aliphatic carbocycles. The van der Waals surface area contributed by atoms with Crippen molar-refractivity contribution < 1.29 is 0 Å². The molecular weight excluding hydrogens is 787 g/mol. The van der Waals surface area contributed by atoms with Gasteiger partial charge in [-0.25, -0.2) is 0 Å². The highest BCUT2D eigenvalue weighted by Crippen LogP contribution is 2.45. The first-order chi connectivity index (χ1) is 32.0. The summed E-state index contributed by atoms with van der Waals surface area (Å²) in [5, 5.41) is 10.9. The molecule has 0 spiro atoms. The van der Waals surface area contributed by atoms with Gasteiger partial charge in [0.15, 0.2) is 0 Å². The van der Waals surface area contributed by atoms with E-state index in [0.29, 0.717) is 5.92 Å². The van der Waals surface area contributed by atoms with Crippen molar-refractivity contribution >= 4 is 77.2 Å². The van der Waals surface area contributed by atoms with Crippen LogP contribution < -0.4 is 11.5 Å². The van der Waals surface area contributed by atoms with E-state index in [1.807, 2.05) is 13.0 Å². The van der Waals surface area contributed by atoms with Crippen LogP contribution in [0.15, 0.2) is 218 Å². The predicted octanol–water partition coefficient (Wildman–Crippen LogP) is 16.1. The van der Waals surface area contributed by atoms with Crippen molar-refractivity contribution in [3.8, 4) is 27.9 Å². The summed E-state index contributed by atoms with van der Waals surface area (Å²) in [4.78, 5) is 0. The highest BCUT2D eigenvalue weighted by atomic mass is 15.1. The topological polar surface area (TPSA) is 57.0 Å². The Morgan fingerprint density at radius 1 is 0.600 bits per heavy atom. The Hall–Kier alpha value is -8.14. The first-order valence-electron chi connectivity index (χ1n) is 22.6. The molecule has 0 bridgehead atoms. The van der Waals surface area contributed by atoms with Gasteiger partial charge in [0, 0.05) is 22.3 Å². The lowest BCUT2D eigenvalue weighted by Crippen LogP contribution is -2.00. The van der Waals surface area contributed by atoms with E-state index in [1.54, 1.807) is 0 Å². The molecule has 0 saturated heterocycles. The molecule has 65 heavy (non-hydrogen) atoms. The molecule has 3 heteroatoms. The second-order valence-corrected chi connectivity index (χ2v) is 17.2. The molecule has 4 N–H and O–H groups in total. The molecule has 3 nitrogen and oxygen atoms in total. The van der Waals surface area contributed by atoms with Gasteiger partial charge in [0.1, 0.15) is 5.82 Å². The molecule has 1 atom stereocenters. The first kappa shape index (κ1) is 39.7. The fourth-order valence-corrected chi connectivity index (χ4v) is 9.96. The lowest BCUT2D eigenvalue weighted by Gasteiger charge is -2.19. The van der Waals surface area contributed by atoms with E-state index in [-0.39, 0.29) is 0 Å². The van der Waals surface area contributed by atoms with Crippen LogP contribution in [0.2, 0.25) is 0 Å². The summed E-state index contributed by atoms with van der Waals surface area (Å²) in [5.74, 6) is 1.16. The number of aromatic nitrogens is 1. The molecule has 1 aliphatic rings. The number of para-hydroxylation sites is 1. The zero-order chi connectivity index (χ0) is 43.9. The number of nitrogen functional groups attached to an aromatic ring is 1. The van der Waals surface area contributed by atoms with E-state index in [0.717, 1.165) is 52.1 Å². The van der Waals surface area contributed by atoms with Crippen LogP contribution >= 0.6 is 0 Å². The van der Waals surface area contributed by atoms with Crippen molar-refractivity contribution in [3.05, 3.63) is 235 Å². The van der Waals surface area contributed by atoms with Crippen LogP contribution in [0.4, 0.5) is 5.82 Å². The lowest BCUT2D eigenvalue weighted by atomic mass is 9.84. The Labute approximate surface area is 380 Å². The van der Waals surface area contributed by atoms with E-state index in [4.69, 9.17) is 11.5 Å². The van der Waals surface area contributed by atoms with Gasteiger partial charge in [-0.15, -0.1) is 0 Å². The summed E-state index contributed by atoms with van der Waals surface area (Å²) in [6.45, 7) is 2.04. The molecule has 312 valence electrons. The number of nitrogens with two attached hydrogens (primary N) is 2. The first-order valence-corrected chi connectivity index (χ1v) is 22.6. The molecular formula is C62H49N3. The van der Waals surface area contributed by atoms with Crippen molar-refractivity contribution in [3.63, 3.8) is 0 Å². The number of fused-ring (bicyclic) bond motifs is 5. The standard InChI is InChI=1S/C62H49N3/c1-2-14-55-56-39-47(34-36-59(56)65(62(55)64)51-20-4-3-5-21-51)44-27-25-41(26-28-44)15-6-13-24-58(63)48-33-35-54-57(40-48)61(50-32-30-43-17-8-10-19-46(43)38-50)53-23-12-11-22-52(53)60(54)49-31-29-42-16-7-9-18-45(42)37-49/h2-14,16-25,27-41H,15,26,63-64H2,1H3/b13-6-,14-2-,58-24-. The minimum Gasteiger partial charge on any atom is -0.398 e. The van der Waals surface area contributed by atoms with Gasteiger partial charge >= 0.3 is 0 Å². The lowest BCUT2D eigenvalue weighted by molar-refractivity contribution is 0.671. The second-order valence-electron chi connectivity index (χ2n) is 17.2. The van der Waals surface area contributed by atoms with Gasteiger partial charge in [-0.1, -0.05) is 176 Å². The highest BCUT2D eigenvalue weighted by Gasteiger charge is 2.19. The summed E-state index contributed by atoms with van der Waals surface area (Å²) >= 11 is 0. The van der Waals surface area contributed by atoms with E-state index >= 15 is 0 Å². The molecule has 0 amide bonds. The maximum Gasteiger partial charge on any atom is 0.116 e. The highest BCUT2D eigenvalue weighted by molar-refractivity contribution is 6.22. The quantitative estimate of drug-likeness (QED) is 0.112. The molecule has 1 aromatic heterocycles. The number of anilines is 1. The molecule has 9 aromatic carbocycles. The maximum absolute atomic E-state index is 6.96. The van der Waals surface area contributed by atoms with Crippen molar-refractivity contribution in [1.29, 1.82) is 0 Å². The largest absolute Gasteiger partial charge is 0.398 e. The van der Waals surface area contributed by atoms with E-state index < -0.39 is 0 Å². The van der Waals surface area contributed by atoms with Gasteiger partial charge < -0.3 is 11.5 Å². The van der Waals surface area contributed by atoms with Crippen molar-refractivity contribution in [1.82, 2.24) is 4.57 Å². The molecule has 0 aliphatic heterocycles. The van der Waals surface area contributed by atoms with E-state index in [2.05, 4.69) is 223 Å². The zero-order valence-corrected chi connectivity index (χ0v) is 36.5. The van der Waals surface area contributed by atoms with Crippen LogP contribution in [0, 0.1) is 5.92 Å². The number of hydrogen-bond acceptors (Lipinski definition) is 2. The summed E-state index contributed by atoms with van der Waals surface area (Å²) in [5.41, 5.74) is 26.0. The Morgan fingerprint density at radius 2 is 1.22 bits per heavy atom. The maximum atomic E-state index is 6.96. The van der Waals surface area contributed by atoms with Gasteiger partial charge in [0.05, 0.1) is 5.52 Å². The summed E-state index contributed by atoms with van der Waals surface area (Å²) in [6.07, 6.45) is 19.5. The molecule has 0 radical (unpaired) electrons. The van der Waals surface area contributed by atoms with Crippen LogP contribution in [-0.4, -0.2) is 4.57 Å². The fourth-order valence-electron chi connectivity index (χ4n) is 9.96. The van der Waals surface area contributed by atoms with Crippen LogP contribution in [0.25, 0.3) is 99.3 Å². The van der Waals surface area contributed by atoms with Crippen molar-refractivity contribution in [2.45, 2.75) is 19.8 Å². The molecule has 0 fully saturated rings. The van der Waals surface area contributed by atoms with Crippen LogP contribution in [0.5, 0.6) is 0 Å². The minimum absolute atomic E-state index is 0.411. The molecule has 1 unspecified atom stereocenters. The number of rotatable bonds is 9. The van der Waals surface area contributed by atoms with E-state index in [1.165, 1.54) is 76.5 Å². The third kappa shape index (κ3) is 7.31. The Bertz CT molecular complexity index is 3630. The Kier molecular flexibility index (Phi) is 10.3. The summed E-state index contributed by atoms with van der Waals surface area (Å²) in [6, 6.07) is 63.6. The SMILES string of the molecule is C/C=C\c1c(N)n(-c2ccccc2)c2ccc(C3=CCC(C/C=C\C=C(/N)c4ccc5c(-c6ccc7ccccc7c6)c6ccccc6c(-c6ccc7ccccc7c6)c5c4)C=C3)cc12. The number of nitrogens with zero attached hydrogens (tertiary/aromatic N) is 1. The van der Waals surface area contributed by atoms with Crippen molar-refractivity contribution in [2.75, 3.05) is 5.73 Å². The average molecular weight is 836 g/mol.